The Morgan fingerprint density at radius 2 is 1.69 bits per heavy atom. The van der Waals surface area contributed by atoms with Crippen LogP contribution in [0.25, 0.3) is 0 Å². The summed E-state index contributed by atoms with van der Waals surface area (Å²) in [6.07, 6.45) is 1.96. The van der Waals surface area contributed by atoms with Crippen molar-refractivity contribution < 1.29 is 14.2 Å². The number of rotatable bonds is 8. The van der Waals surface area contributed by atoms with Gasteiger partial charge in [0.15, 0.2) is 11.5 Å². The maximum absolute atomic E-state index is 6.12. The van der Waals surface area contributed by atoms with Gasteiger partial charge in [0.05, 0.1) is 26.9 Å². The van der Waals surface area contributed by atoms with E-state index < -0.39 is 0 Å². The van der Waals surface area contributed by atoms with Gasteiger partial charge in [0.2, 0.25) is 0 Å². The average Bonchev–Trinajstić information content (AvgIpc) is 2.71. The quantitative estimate of drug-likeness (QED) is 0.684. The van der Waals surface area contributed by atoms with Crippen molar-refractivity contribution in [2.75, 3.05) is 48.0 Å². The second-order valence-electron chi connectivity index (χ2n) is 8.02. The second-order valence-corrected chi connectivity index (χ2v) is 8.02. The van der Waals surface area contributed by atoms with Crippen molar-refractivity contribution in [2.24, 2.45) is 0 Å². The van der Waals surface area contributed by atoms with E-state index in [-0.39, 0.29) is 6.04 Å². The summed E-state index contributed by atoms with van der Waals surface area (Å²) in [5.74, 6) is 2.57. The number of nitrogens with one attached hydrogen (secondary N) is 1. The van der Waals surface area contributed by atoms with Crippen LogP contribution in [-0.4, -0.2) is 52.9 Å². The first-order chi connectivity index (χ1) is 13.9. The first kappa shape index (κ1) is 21.5. The Hall–Kier alpha value is -2.24. The molecule has 0 aliphatic carbocycles. The van der Waals surface area contributed by atoms with E-state index in [1.165, 1.54) is 22.3 Å². The van der Waals surface area contributed by atoms with Crippen molar-refractivity contribution >= 4 is 0 Å². The Labute approximate surface area is 175 Å². The highest BCUT2D eigenvalue weighted by Gasteiger charge is 2.25. The lowest BCUT2D eigenvalue weighted by molar-refractivity contribution is 0.267. The van der Waals surface area contributed by atoms with Gasteiger partial charge in [-0.1, -0.05) is 6.07 Å². The van der Waals surface area contributed by atoms with E-state index in [2.05, 4.69) is 62.4 Å². The molecule has 2 aromatic carbocycles. The molecule has 29 heavy (non-hydrogen) atoms. The molecule has 1 atom stereocenters. The van der Waals surface area contributed by atoms with E-state index in [4.69, 9.17) is 14.2 Å². The fourth-order valence-corrected chi connectivity index (χ4v) is 4.02. The van der Waals surface area contributed by atoms with E-state index in [0.29, 0.717) is 6.61 Å². The van der Waals surface area contributed by atoms with Gasteiger partial charge in [-0.05, 0) is 86.8 Å². The molecule has 0 spiro atoms. The zero-order chi connectivity index (χ0) is 21.0. The summed E-state index contributed by atoms with van der Waals surface area (Å²) in [6.45, 7) is 6.86. The molecule has 0 saturated heterocycles. The molecule has 158 valence electrons. The number of hydrogen-bond donors (Lipinski definition) is 1. The summed E-state index contributed by atoms with van der Waals surface area (Å²) in [6, 6.07) is 8.82. The maximum atomic E-state index is 6.12. The smallest absolute Gasteiger partial charge is 0.161 e. The van der Waals surface area contributed by atoms with E-state index >= 15 is 0 Å². The summed E-state index contributed by atoms with van der Waals surface area (Å²) < 4.78 is 17.2. The fourth-order valence-electron chi connectivity index (χ4n) is 4.02. The molecular weight excluding hydrogens is 364 g/mol. The zero-order valence-corrected chi connectivity index (χ0v) is 18.6. The van der Waals surface area contributed by atoms with Crippen LogP contribution >= 0.6 is 0 Å². The molecular formula is C24H34N2O3. The third kappa shape index (κ3) is 4.85. The Balaban J connectivity index is 1.93. The van der Waals surface area contributed by atoms with Crippen LogP contribution in [0.5, 0.6) is 17.2 Å². The lowest BCUT2D eigenvalue weighted by atomic mass is 9.86. The highest BCUT2D eigenvalue weighted by Crippen LogP contribution is 2.39. The minimum Gasteiger partial charge on any atom is -0.496 e. The minimum atomic E-state index is 0.137. The van der Waals surface area contributed by atoms with E-state index in [1.807, 2.05) is 0 Å². The van der Waals surface area contributed by atoms with Gasteiger partial charge in [0.25, 0.3) is 0 Å². The van der Waals surface area contributed by atoms with Crippen molar-refractivity contribution in [3.05, 3.63) is 52.1 Å². The Morgan fingerprint density at radius 1 is 0.931 bits per heavy atom. The van der Waals surface area contributed by atoms with E-state index in [9.17, 15) is 0 Å². The molecule has 1 unspecified atom stereocenters. The summed E-state index contributed by atoms with van der Waals surface area (Å²) >= 11 is 0. The first-order valence-corrected chi connectivity index (χ1v) is 10.3. The highest BCUT2D eigenvalue weighted by molar-refractivity contribution is 5.53. The van der Waals surface area contributed by atoms with Crippen LogP contribution in [0.4, 0.5) is 0 Å². The molecule has 0 saturated carbocycles. The molecule has 0 fully saturated rings. The molecule has 0 radical (unpaired) electrons. The number of methoxy groups -OCH3 is 2. The van der Waals surface area contributed by atoms with Gasteiger partial charge < -0.3 is 24.4 Å². The number of nitrogens with zero attached hydrogens (tertiary/aromatic N) is 1. The molecule has 1 aliphatic heterocycles. The van der Waals surface area contributed by atoms with Crippen LogP contribution in [0.1, 0.15) is 40.3 Å². The summed E-state index contributed by atoms with van der Waals surface area (Å²) in [7, 11) is 7.59. The van der Waals surface area contributed by atoms with Crippen LogP contribution < -0.4 is 19.5 Å². The zero-order valence-electron chi connectivity index (χ0n) is 18.6. The van der Waals surface area contributed by atoms with E-state index in [1.54, 1.807) is 14.2 Å². The molecule has 2 aromatic rings. The second kappa shape index (κ2) is 9.51. The van der Waals surface area contributed by atoms with E-state index in [0.717, 1.165) is 48.7 Å². The topological polar surface area (TPSA) is 43.0 Å². The predicted molar refractivity (Wildman–Crippen MR) is 118 cm³/mol. The minimum absolute atomic E-state index is 0.137. The number of benzene rings is 2. The molecule has 1 N–H and O–H groups in total. The SMILES string of the molecule is COc1cc(C)c(C2NCCc3cc(OC)c(OCCCN(C)C)cc32)cc1C. The molecule has 1 heterocycles. The molecule has 5 nitrogen and oxygen atoms in total. The van der Waals surface area contributed by atoms with Crippen molar-refractivity contribution in [2.45, 2.75) is 32.7 Å². The van der Waals surface area contributed by atoms with Gasteiger partial charge in [0.1, 0.15) is 5.75 Å². The molecule has 3 rings (SSSR count). The standard InChI is InChI=1S/C24H34N2O3/c1-16-13-21(27-5)17(2)12-19(16)24-20-15-23(29-11-7-10-26(3)4)22(28-6)14-18(20)8-9-25-24/h12-15,24-25H,7-11H2,1-6H3. The van der Waals surface area contributed by atoms with Crippen molar-refractivity contribution in [3.8, 4) is 17.2 Å². The fraction of sp³-hybridized carbons (Fsp3) is 0.500. The molecule has 1 aliphatic rings. The monoisotopic (exact) mass is 398 g/mol. The van der Waals surface area contributed by atoms with Gasteiger partial charge >= 0.3 is 0 Å². The molecule has 0 bridgehead atoms. The number of aryl methyl sites for hydroxylation is 2. The molecule has 5 heteroatoms. The van der Waals surface area contributed by atoms with Crippen LogP contribution in [0.15, 0.2) is 24.3 Å². The first-order valence-electron chi connectivity index (χ1n) is 10.3. The average molecular weight is 399 g/mol. The van der Waals surface area contributed by atoms with Gasteiger partial charge in [-0.15, -0.1) is 0 Å². The van der Waals surface area contributed by atoms with Gasteiger partial charge in [-0.25, -0.2) is 0 Å². The van der Waals surface area contributed by atoms with Crippen molar-refractivity contribution in [1.82, 2.24) is 10.2 Å². The summed E-state index contributed by atoms with van der Waals surface area (Å²) in [5, 5.41) is 3.70. The van der Waals surface area contributed by atoms with Crippen molar-refractivity contribution in [3.63, 3.8) is 0 Å². The summed E-state index contributed by atoms with van der Waals surface area (Å²) in [5.41, 5.74) is 6.25. The number of ether oxygens (including phenoxy) is 3. The maximum Gasteiger partial charge on any atom is 0.161 e. The van der Waals surface area contributed by atoms with Crippen LogP contribution in [0.2, 0.25) is 0 Å². The largest absolute Gasteiger partial charge is 0.496 e. The Morgan fingerprint density at radius 3 is 2.38 bits per heavy atom. The van der Waals surface area contributed by atoms with Gasteiger partial charge in [-0.2, -0.15) is 0 Å². The predicted octanol–water partition coefficient (Wildman–Crippen LogP) is 3.89. The lowest BCUT2D eigenvalue weighted by Crippen LogP contribution is -2.31. The normalized spacial score (nSPS) is 15.9. The lowest BCUT2D eigenvalue weighted by Gasteiger charge is -2.30. The number of hydrogen-bond acceptors (Lipinski definition) is 5. The van der Waals surface area contributed by atoms with Crippen LogP contribution in [0.3, 0.4) is 0 Å². The summed E-state index contributed by atoms with van der Waals surface area (Å²) in [4.78, 5) is 2.17. The third-order valence-corrected chi connectivity index (χ3v) is 5.58. The van der Waals surface area contributed by atoms with Crippen LogP contribution in [0, 0.1) is 13.8 Å². The molecule has 0 aromatic heterocycles. The third-order valence-electron chi connectivity index (χ3n) is 5.58. The number of fused-ring (bicyclic) bond motifs is 1. The Bertz CT molecular complexity index is 849. The Kier molecular flexibility index (Phi) is 7.04. The van der Waals surface area contributed by atoms with Gasteiger partial charge in [0, 0.05) is 13.1 Å². The molecule has 0 amide bonds. The van der Waals surface area contributed by atoms with Crippen molar-refractivity contribution in [1.29, 1.82) is 0 Å². The van der Waals surface area contributed by atoms with Gasteiger partial charge in [-0.3, -0.25) is 0 Å². The highest BCUT2D eigenvalue weighted by atomic mass is 16.5. The van der Waals surface area contributed by atoms with Crippen LogP contribution in [-0.2, 0) is 6.42 Å².